The smallest absolute Gasteiger partial charge is 0.333 e. The standard InChI is InChI=1S/C10H23O5PSi/c1-8(9(11)7-16(12,13)14)15-17(5,6)10(2,3)4/h8H,7H2,1-6H3,(H2,12,13,14). The van der Waals surface area contributed by atoms with Crippen LogP contribution in [0.25, 0.3) is 0 Å². The Labute approximate surface area is 104 Å². The van der Waals surface area contributed by atoms with Gasteiger partial charge in [-0.2, -0.15) is 0 Å². The molecule has 102 valence electrons. The second-order valence-corrected chi connectivity index (χ2v) is 12.2. The number of carbonyl (C=O) groups excluding carboxylic acids is 1. The molecule has 7 heteroatoms. The minimum atomic E-state index is -4.30. The van der Waals surface area contributed by atoms with Crippen LogP contribution in [0.4, 0.5) is 0 Å². The molecule has 17 heavy (non-hydrogen) atoms. The summed E-state index contributed by atoms with van der Waals surface area (Å²) in [5.74, 6) is -0.539. The Hall–Kier alpha value is -0.00312. The maximum Gasteiger partial charge on any atom is 0.333 e. The predicted molar refractivity (Wildman–Crippen MR) is 69.7 cm³/mol. The molecular weight excluding hydrogens is 259 g/mol. The molecule has 2 N–H and O–H groups in total. The van der Waals surface area contributed by atoms with Crippen LogP contribution in [0, 0.1) is 0 Å². The van der Waals surface area contributed by atoms with E-state index in [4.69, 9.17) is 14.2 Å². The lowest BCUT2D eigenvalue weighted by Gasteiger charge is -2.38. The van der Waals surface area contributed by atoms with Gasteiger partial charge >= 0.3 is 7.60 Å². The van der Waals surface area contributed by atoms with Gasteiger partial charge in [-0.25, -0.2) is 0 Å². The summed E-state index contributed by atoms with van der Waals surface area (Å²) in [5.41, 5.74) is 0. The number of Topliss-reactive ketones (excluding diaryl/α,β-unsaturated/α-hetero) is 1. The first kappa shape index (κ1) is 17.0. The predicted octanol–water partition coefficient (Wildman–Crippen LogP) is 2.14. The Morgan fingerprint density at radius 1 is 1.35 bits per heavy atom. The van der Waals surface area contributed by atoms with Gasteiger partial charge in [0.25, 0.3) is 0 Å². The van der Waals surface area contributed by atoms with E-state index in [0.717, 1.165) is 0 Å². The van der Waals surface area contributed by atoms with E-state index < -0.39 is 34.0 Å². The number of hydrogen-bond donors (Lipinski definition) is 2. The second-order valence-electron chi connectivity index (χ2n) is 5.81. The lowest BCUT2D eigenvalue weighted by atomic mass is 10.2. The molecule has 0 fully saturated rings. The van der Waals surface area contributed by atoms with Crippen LogP contribution in [0.1, 0.15) is 27.7 Å². The Bertz CT molecular complexity index is 328. The first-order valence-corrected chi connectivity index (χ1v) is 10.2. The van der Waals surface area contributed by atoms with Gasteiger partial charge in [0, 0.05) is 0 Å². The highest BCUT2D eigenvalue weighted by Gasteiger charge is 2.40. The zero-order valence-electron chi connectivity index (χ0n) is 11.4. The fraction of sp³-hybridized carbons (Fsp3) is 0.900. The first-order valence-electron chi connectivity index (χ1n) is 5.51. The van der Waals surface area contributed by atoms with Crippen molar-refractivity contribution < 1.29 is 23.6 Å². The van der Waals surface area contributed by atoms with E-state index in [9.17, 15) is 9.36 Å². The van der Waals surface area contributed by atoms with Gasteiger partial charge in [-0.3, -0.25) is 9.36 Å². The Kier molecular flexibility index (Phi) is 5.32. The fourth-order valence-corrected chi connectivity index (χ4v) is 3.05. The molecule has 0 amide bonds. The van der Waals surface area contributed by atoms with Gasteiger partial charge in [0.15, 0.2) is 14.1 Å². The van der Waals surface area contributed by atoms with Gasteiger partial charge in [0.2, 0.25) is 0 Å². The summed E-state index contributed by atoms with van der Waals surface area (Å²) < 4.78 is 16.5. The third kappa shape index (κ3) is 5.93. The molecule has 0 radical (unpaired) electrons. The molecule has 1 unspecified atom stereocenters. The summed E-state index contributed by atoms with van der Waals surface area (Å²) in [6.45, 7) is 11.7. The van der Waals surface area contributed by atoms with Gasteiger partial charge in [-0.1, -0.05) is 20.8 Å². The SMILES string of the molecule is CC(O[Si](C)(C)C(C)(C)C)C(=O)CP(=O)(O)O. The van der Waals surface area contributed by atoms with Crippen LogP contribution >= 0.6 is 7.60 Å². The van der Waals surface area contributed by atoms with Crippen LogP contribution < -0.4 is 0 Å². The summed E-state index contributed by atoms with van der Waals surface area (Å²) >= 11 is 0. The van der Waals surface area contributed by atoms with E-state index >= 15 is 0 Å². The topological polar surface area (TPSA) is 83.8 Å². The van der Waals surface area contributed by atoms with Crippen molar-refractivity contribution in [1.82, 2.24) is 0 Å². The number of carbonyl (C=O) groups is 1. The van der Waals surface area contributed by atoms with Crippen molar-refractivity contribution in [3.05, 3.63) is 0 Å². The molecule has 0 aliphatic rings. The molecule has 5 nitrogen and oxygen atoms in total. The fourth-order valence-electron chi connectivity index (χ4n) is 1.02. The molecule has 0 aromatic heterocycles. The number of hydrogen-bond acceptors (Lipinski definition) is 3. The first-order chi connectivity index (χ1) is 7.26. The minimum Gasteiger partial charge on any atom is -0.407 e. The van der Waals surface area contributed by atoms with Crippen LogP contribution in [0.2, 0.25) is 18.1 Å². The van der Waals surface area contributed by atoms with Crippen molar-refractivity contribution in [3.63, 3.8) is 0 Å². The van der Waals surface area contributed by atoms with Crippen molar-refractivity contribution in [2.75, 3.05) is 6.16 Å². The molecule has 0 aromatic rings. The summed E-state index contributed by atoms with van der Waals surface area (Å²) in [7, 11) is -6.38. The summed E-state index contributed by atoms with van der Waals surface area (Å²) in [5, 5.41) is -0.0380. The molecule has 0 aliphatic heterocycles. The van der Waals surface area contributed by atoms with E-state index in [1.807, 2.05) is 33.9 Å². The summed E-state index contributed by atoms with van der Waals surface area (Å²) in [4.78, 5) is 29.1. The lowest BCUT2D eigenvalue weighted by molar-refractivity contribution is -0.123. The van der Waals surface area contributed by atoms with Gasteiger partial charge in [-0.05, 0) is 25.1 Å². The third-order valence-electron chi connectivity index (χ3n) is 3.09. The molecule has 0 aliphatic carbocycles. The Morgan fingerprint density at radius 2 is 1.76 bits per heavy atom. The largest absolute Gasteiger partial charge is 0.407 e. The van der Waals surface area contributed by atoms with E-state index in [1.54, 1.807) is 6.92 Å². The maximum absolute atomic E-state index is 11.6. The molecular formula is C10H23O5PSi. The van der Waals surface area contributed by atoms with Crippen LogP contribution in [0.3, 0.4) is 0 Å². The van der Waals surface area contributed by atoms with Crippen LogP contribution in [0.5, 0.6) is 0 Å². The molecule has 1 atom stereocenters. The normalized spacial score (nSPS) is 15.8. The molecule has 0 aromatic carbocycles. The van der Waals surface area contributed by atoms with Crippen molar-refractivity contribution in [2.24, 2.45) is 0 Å². The quantitative estimate of drug-likeness (QED) is 0.596. The van der Waals surface area contributed by atoms with Gasteiger partial charge in [0.1, 0.15) is 12.3 Å². The highest BCUT2D eigenvalue weighted by Crippen LogP contribution is 2.38. The van der Waals surface area contributed by atoms with Crippen molar-refractivity contribution in [3.8, 4) is 0 Å². The van der Waals surface area contributed by atoms with Gasteiger partial charge in [0.05, 0.1) is 0 Å². The lowest BCUT2D eigenvalue weighted by Crippen LogP contribution is -2.45. The van der Waals surface area contributed by atoms with Crippen LogP contribution in [-0.2, 0) is 13.8 Å². The summed E-state index contributed by atoms with van der Waals surface area (Å²) in [6, 6.07) is 0. The zero-order chi connectivity index (χ0) is 14.1. The van der Waals surface area contributed by atoms with E-state index in [1.165, 1.54) is 0 Å². The average molecular weight is 282 g/mol. The number of rotatable bonds is 5. The molecule has 0 spiro atoms. The minimum absolute atomic E-state index is 0.0380. The van der Waals surface area contributed by atoms with Crippen molar-refractivity contribution in [2.45, 2.75) is 51.9 Å². The third-order valence-corrected chi connectivity index (χ3v) is 8.37. The Morgan fingerprint density at radius 3 is 2.06 bits per heavy atom. The molecule has 0 heterocycles. The van der Waals surface area contributed by atoms with Crippen molar-refractivity contribution >= 4 is 21.7 Å². The molecule has 0 rings (SSSR count). The summed E-state index contributed by atoms with van der Waals surface area (Å²) in [6.07, 6.45) is -1.51. The highest BCUT2D eigenvalue weighted by atomic mass is 31.2. The monoisotopic (exact) mass is 282 g/mol. The van der Waals surface area contributed by atoms with E-state index in [2.05, 4.69) is 0 Å². The number of ketones is 1. The molecule has 0 bridgehead atoms. The highest BCUT2D eigenvalue weighted by molar-refractivity contribution is 7.52. The molecule has 0 saturated carbocycles. The van der Waals surface area contributed by atoms with E-state index in [0.29, 0.717) is 0 Å². The zero-order valence-corrected chi connectivity index (χ0v) is 13.2. The Balaban J connectivity index is 4.61. The van der Waals surface area contributed by atoms with Gasteiger partial charge in [-0.15, -0.1) is 0 Å². The molecule has 0 saturated heterocycles. The van der Waals surface area contributed by atoms with Crippen molar-refractivity contribution in [1.29, 1.82) is 0 Å². The second kappa shape index (κ2) is 5.32. The van der Waals surface area contributed by atoms with Crippen LogP contribution in [-0.4, -0.2) is 36.2 Å². The van der Waals surface area contributed by atoms with E-state index in [-0.39, 0.29) is 5.04 Å². The van der Waals surface area contributed by atoms with Crippen LogP contribution in [0.15, 0.2) is 0 Å². The maximum atomic E-state index is 11.6. The average Bonchev–Trinajstić information content (AvgIpc) is 1.97. The van der Waals surface area contributed by atoms with Gasteiger partial charge < -0.3 is 14.2 Å².